The van der Waals surface area contributed by atoms with Crippen LogP contribution in [0.15, 0.2) is 0 Å². The van der Waals surface area contributed by atoms with Gasteiger partial charge >= 0.3 is 5.97 Å². The van der Waals surface area contributed by atoms with Gasteiger partial charge in [-0.2, -0.15) is 0 Å². The summed E-state index contributed by atoms with van der Waals surface area (Å²) in [6.45, 7) is 3.75. The van der Waals surface area contributed by atoms with E-state index in [0.29, 0.717) is 6.61 Å². The third kappa shape index (κ3) is 5.17. The quantitative estimate of drug-likeness (QED) is 0.520. The fraction of sp³-hybridized carbons (Fsp3) is 0.917. The van der Waals surface area contributed by atoms with Gasteiger partial charge in [-0.3, -0.25) is 4.79 Å². The molecule has 0 amide bonds. The zero-order valence-corrected chi connectivity index (χ0v) is 9.76. The zero-order chi connectivity index (χ0) is 10.9. The second-order valence-corrected chi connectivity index (χ2v) is 4.23. The van der Waals surface area contributed by atoms with Crippen LogP contribution in [-0.4, -0.2) is 25.2 Å². The first-order valence-electron chi connectivity index (χ1n) is 6.24. The van der Waals surface area contributed by atoms with Gasteiger partial charge in [-0.05, 0) is 25.8 Å². The predicted molar refractivity (Wildman–Crippen MR) is 60.7 cm³/mol. The second-order valence-electron chi connectivity index (χ2n) is 4.23. The van der Waals surface area contributed by atoms with Crippen molar-refractivity contribution >= 4 is 5.97 Å². The van der Waals surface area contributed by atoms with E-state index in [9.17, 15) is 4.79 Å². The van der Waals surface area contributed by atoms with Crippen molar-refractivity contribution in [1.29, 1.82) is 0 Å². The molecule has 0 saturated carbocycles. The minimum absolute atomic E-state index is 0.0272. The Kier molecular flexibility index (Phi) is 6.41. The van der Waals surface area contributed by atoms with Crippen LogP contribution in [0.1, 0.15) is 51.9 Å². The Labute approximate surface area is 92.6 Å². The highest BCUT2D eigenvalue weighted by Gasteiger charge is 2.22. The average Bonchev–Trinajstić information content (AvgIpc) is 2.76. The molecule has 3 nitrogen and oxygen atoms in total. The van der Waals surface area contributed by atoms with E-state index in [1.807, 2.05) is 0 Å². The number of hydrogen-bond donors (Lipinski definition) is 1. The monoisotopic (exact) mass is 213 g/mol. The molecule has 15 heavy (non-hydrogen) atoms. The van der Waals surface area contributed by atoms with E-state index in [-0.39, 0.29) is 12.0 Å². The molecule has 0 bridgehead atoms. The molecule has 88 valence electrons. The van der Waals surface area contributed by atoms with Gasteiger partial charge in [0.1, 0.15) is 6.04 Å². The molecule has 0 aromatic carbocycles. The van der Waals surface area contributed by atoms with Crippen LogP contribution in [0.5, 0.6) is 0 Å². The lowest BCUT2D eigenvalue weighted by Gasteiger charge is -2.09. The van der Waals surface area contributed by atoms with Gasteiger partial charge < -0.3 is 10.1 Å². The Balaban J connectivity index is 1.92. The molecule has 0 aromatic rings. The molecule has 1 aliphatic heterocycles. The van der Waals surface area contributed by atoms with Crippen molar-refractivity contribution in [3.8, 4) is 0 Å². The molecular weight excluding hydrogens is 190 g/mol. The maximum Gasteiger partial charge on any atom is 0.323 e. The van der Waals surface area contributed by atoms with Gasteiger partial charge in [0.05, 0.1) is 6.61 Å². The van der Waals surface area contributed by atoms with E-state index in [2.05, 4.69) is 12.2 Å². The minimum atomic E-state index is -0.0528. The summed E-state index contributed by atoms with van der Waals surface area (Å²) in [6, 6.07) is -0.0272. The van der Waals surface area contributed by atoms with Gasteiger partial charge in [0.15, 0.2) is 0 Å². The molecule has 1 atom stereocenters. The second kappa shape index (κ2) is 7.69. The SMILES string of the molecule is CCCCCCCOC(=O)[C@@H]1CCCN1. The summed E-state index contributed by atoms with van der Waals surface area (Å²) in [7, 11) is 0. The molecule has 1 heterocycles. The van der Waals surface area contributed by atoms with Crippen LogP contribution in [-0.2, 0) is 9.53 Å². The first kappa shape index (κ1) is 12.5. The van der Waals surface area contributed by atoms with Gasteiger partial charge in [0, 0.05) is 0 Å². The minimum Gasteiger partial charge on any atom is -0.465 e. The number of carbonyl (C=O) groups excluding carboxylic acids is 1. The summed E-state index contributed by atoms with van der Waals surface area (Å²) in [5.74, 6) is -0.0528. The van der Waals surface area contributed by atoms with E-state index >= 15 is 0 Å². The highest BCUT2D eigenvalue weighted by molar-refractivity contribution is 5.76. The smallest absolute Gasteiger partial charge is 0.323 e. The lowest BCUT2D eigenvalue weighted by molar-refractivity contribution is -0.145. The van der Waals surface area contributed by atoms with Gasteiger partial charge in [-0.1, -0.05) is 32.6 Å². The Hall–Kier alpha value is -0.570. The molecule has 1 aliphatic rings. The summed E-state index contributed by atoms with van der Waals surface area (Å²) < 4.78 is 5.20. The molecule has 0 spiro atoms. The van der Waals surface area contributed by atoms with Gasteiger partial charge in [0.2, 0.25) is 0 Å². The first-order valence-corrected chi connectivity index (χ1v) is 6.24. The van der Waals surface area contributed by atoms with Crippen molar-refractivity contribution in [2.75, 3.05) is 13.2 Å². The molecule has 3 heteroatoms. The zero-order valence-electron chi connectivity index (χ0n) is 9.76. The predicted octanol–water partition coefficient (Wildman–Crippen LogP) is 2.25. The van der Waals surface area contributed by atoms with Gasteiger partial charge in [0.25, 0.3) is 0 Å². The Morgan fingerprint density at radius 3 is 2.80 bits per heavy atom. The number of esters is 1. The fourth-order valence-corrected chi connectivity index (χ4v) is 1.86. The number of nitrogens with one attached hydrogen (secondary N) is 1. The molecule has 0 unspecified atom stereocenters. The Morgan fingerprint density at radius 2 is 2.13 bits per heavy atom. The first-order chi connectivity index (χ1) is 7.34. The Morgan fingerprint density at radius 1 is 1.33 bits per heavy atom. The summed E-state index contributed by atoms with van der Waals surface area (Å²) in [6.07, 6.45) is 8.03. The fourth-order valence-electron chi connectivity index (χ4n) is 1.86. The van der Waals surface area contributed by atoms with E-state index in [0.717, 1.165) is 25.8 Å². The molecule has 1 rings (SSSR count). The summed E-state index contributed by atoms with van der Waals surface area (Å²) in [4.78, 5) is 11.4. The summed E-state index contributed by atoms with van der Waals surface area (Å²) in [5.41, 5.74) is 0. The molecule has 0 radical (unpaired) electrons. The standard InChI is InChI=1S/C12H23NO2/c1-2-3-4-5-6-10-15-12(14)11-8-7-9-13-11/h11,13H,2-10H2,1H3/t11-/m0/s1. The molecule has 0 aromatic heterocycles. The van der Waals surface area contributed by atoms with Crippen LogP contribution in [0.25, 0.3) is 0 Å². The lowest BCUT2D eigenvalue weighted by Crippen LogP contribution is -2.32. The van der Waals surface area contributed by atoms with Crippen molar-refractivity contribution in [2.45, 2.75) is 57.9 Å². The maximum atomic E-state index is 11.4. The number of unbranched alkanes of at least 4 members (excludes halogenated alkanes) is 4. The molecule has 1 fully saturated rings. The van der Waals surface area contributed by atoms with Gasteiger partial charge in [-0.25, -0.2) is 0 Å². The van der Waals surface area contributed by atoms with Crippen molar-refractivity contribution in [1.82, 2.24) is 5.32 Å². The number of ether oxygens (including phenoxy) is 1. The van der Waals surface area contributed by atoms with Crippen LogP contribution in [0.4, 0.5) is 0 Å². The summed E-state index contributed by atoms with van der Waals surface area (Å²) >= 11 is 0. The highest BCUT2D eigenvalue weighted by Crippen LogP contribution is 2.07. The van der Waals surface area contributed by atoms with Crippen LogP contribution >= 0.6 is 0 Å². The normalized spacial score (nSPS) is 20.5. The highest BCUT2D eigenvalue weighted by atomic mass is 16.5. The van der Waals surface area contributed by atoms with Crippen molar-refractivity contribution in [2.24, 2.45) is 0 Å². The topological polar surface area (TPSA) is 38.3 Å². The van der Waals surface area contributed by atoms with E-state index < -0.39 is 0 Å². The average molecular weight is 213 g/mol. The molecule has 0 aliphatic carbocycles. The van der Waals surface area contributed by atoms with Crippen LogP contribution < -0.4 is 5.32 Å². The third-order valence-corrected chi connectivity index (χ3v) is 2.84. The van der Waals surface area contributed by atoms with E-state index in [1.165, 1.54) is 25.7 Å². The maximum absolute atomic E-state index is 11.4. The third-order valence-electron chi connectivity index (χ3n) is 2.84. The van der Waals surface area contributed by atoms with Crippen molar-refractivity contribution < 1.29 is 9.53 Å². The molecule has 1 saturated heterocycles. The lowest BCUT2D eigenvalue weighted by atomic mass is 10.2. The molecular formula is C12H23NO2. The molecule has 1 N–H and O–H groups in total. The van der Waals surface area contributed by atoms with Crippen molar-refractivity contribution in [3.05, 3.63) is 0 Å². The number of carbonyl (C=O) groups is 1. The largest absolute Gasteiger partial charge is 0.465 e. The van der Waals surface area contributed by atoms with Gasteiger partial charge in [-0.15, -0.1) is 0 Å². The van der Waals surface area contributed by atoms with Crippen LogP contribution in [0.3, 0.4) is 0 Å². The Bertz CT molecular complexity index is 176. The number of hydrogen-bond acceptors (Lipinski definition) is 3. The van der Waals surface area contributed by atoms with Crippen molar-refractivity contribution in [3.63, 3.8) is 0 Å². The number of rotatable bonds is 7. The summed E-state index contributed by atoms with van der Waals surface area (Å²) in [5, 5.41) is 3.14. The van der Waals surface area contributed by atoms with Crippen LogP contribution in [0, 0.1) is 0 Å². The van der Waals surface area contributed by atoms with E-state index in [1.54, 1.807) is 0 Å². The van der Waals surface area contributed by atoms with Crippen LogP contribution in [0.2, 0.25) is 0 Å². The van der Waals surface area contributed by atoms with E-state index in [4.69, 9.17) is 4.74 Å².